The molecule has 0 radical (unpaired) electrons. The Balaban J connectivity index is 3.07. The van der Waals surface area contributed by atoms with Crippen LogP contribution in [0.25, 0.3) is 0 Å². The van der Waals surface area contributed by atoms with Gasteiger partial charge in [-0.3, -0.25) is 0 Å². The van der Waals surface area contributed by atoms with Gasteiger partial charge in [-0.25, -0.2) is 0 Å². The molecule has 1 rings (SSSR count). The molecule has 0 aliphatic rings. The molecule has 0 amide bonds. The predicted octanol–water partition coefficient (Wildman–Crippen LogP) is 2.30. The molecule has 1 atom stereocenters. The molecule has 1 aromatic rings. The van der Waals surface area contributed by atoms with Crippen molar-refractivity contribution < 1.29 is 8.42 Å². The van der Waals surface area contributed by atoms with E-state index in [-0.39, 0.29) is 4.90 Å². The van der Waals surface area contributed by atoms with Crippen LogP contribution >= 0.6 is 0 Å². The molecular formula is C11H15NO2S2. The van der Waals surface area contributed by atoms with E-state index in [0.29, 0.717) is 5.75 Å². The van der Waals surface area contributed by atoms with Crippen LogP contribution < -0.4 is 0 Å². The van der Waals surface area contributed by atoms with E-state index >= 15 is 0 Å². The van der Waals surface area contributed by atoms with E-state index in [4.69, 9.17) is 0 Å². The maximum absolute atomic E-state index is 11.8. The van der Waals surface area contributed by atoms with Gasteiger partial charge in [0, 0.05) is 5.75 Å². The molecule has 88 valence electrons. The van der Waals surface area contributed by atoms with Crippen molar-refractivity contribution in [2.75, 3.05) is 12.0 Å². The number of benzene rings is 1. The fourth-order valence-corrected chi connectivity index (χ4v) is 3.87. The van der Waals surface area contributed by atoms with Crippen molar-refractivity contribution in [3.63, 3.8) is 0 Å². The predicted molar refractivity (Wildman–Crippen MR) is 69.1 cm³/mol. The molecule has 0 aliphatic heterocycles. The quantitative estimate of drug-likeness (QED) is 0.777. The number of sulfonamides is 1. The van der Waals surface area contributed by atoms with E-state index in [9.17, 15) is 8.42 Å². The largest absolute Gasteiger partial charge is 0.287 e. The van der Waals surface area contributed by atoms with E-state index in [1.54, 1.807) is 36.6 Å². The molecule has 0 aromatic heterocycles. The normalized spacial score (nSPS) is 13.6. The Bertz CT molecular complexity index is 501. The maximum atomic E-state index is 11.8. The van der Waals surface area contributed by atoms with Crippen molar-refractivity contribution in [3.8, 4) is 0 Å². The standard InChI is InChI=1S/C11H15NO2S2/c1-4-9-15(3)12-16(13,14)11-7-5-10(2)6-8-11/h4-8H,1,9H2,2-3H3. The molecule has 1 aromatic carbocycles. The first-order chi connectivity index (χ1) is 7.45. The number of aryl methyl sites for hydroxylation is 1. The summed E-state index contributed by atoms with van der Waals surface area (Å²) in [6.45, 7) is 5.48. The number of rotatable bonds is 4. The van der Waals surface area contributed by atoms with Gasteiger partial charge < -0.3 is 0 Å². The average Bonchev–Trinajstić information content (AvgIpc) is 2.17. The summed E-state index contributed by atoms with van der Waals surface area (Å²) in [4.78, 5) is 0.251. The minimum atomic E-state index is -3.51. The lowest BCUT2D eigenvalue weighted by molar-refractivity contribution is 0.598. The van der Waals surface area contributed by atoms with Gasteiger partial charge in [-0.1, -0.05) is 34.5 Å². The zero-order chi connectivity index (χ0) is 12.2. The van der Waals surface area contributed by atoms with Crippen molar-refractivity contribution in [2.24, 2.45) is 3.77 Å². The van der Waals surface area contributed by atoms with Crippen molar-refractivity contribution >= 4 is 20.7 Å². The zero-order valence-electron chi connectivity index (χ0n) is 9.38. The van der Waals surface area contributed by atoms with E-state index < -0.39 is 20.7 Å². The summed E-state index contributed by atoms with van der Waals surface area (Å²) in [7, 11) is -4.04. The van der Waals surface area contributed by atoms with E-state index in [2.05, 4.69) is 10.3 Å². The molecule has 16 heavy (non-hydrogen) atoms. The van der Waals surface area contributed by atoms with Crippen LogP contribution in [-0.4, -0.2) is 20.4 Å². The van der Waals surface area contributed by atoms with Crippen LogP contribution in [0.1, 0.15) is 5.56 Å². The molecule has 0 fully saturated rings. The fourth-order valence-electron chi connectivity index (χ4n) is 1.12. The molecule has 0 N–H and O–H groups in total. The molecule has 1 unspecified atom stereocenters. The van der Waals surface area contributed by atoms with Gasteiger partial charge in [-0.2, -0.15) is 8.42 Å². The van der Waals surface area contributed by atoms with Crippen molar-refractivity contribution in [1.29, 1.82) is 0 Å². The lowest BCUT2D eigenvalue weighted by atomic mass is 10.2. The third-order valence-corrected chi connectivity index (χ3v) is 5.29. The van der Waals surface area contributed by atoms with Gasteiger partial charge in [-0.05, 0) is 25.3 Å². The molecule has 0 spiro atoms. The molecule has 0 saturated carbocycles. The van der Waals surface area contributed by atoms with Gasteiger partial charge >= 0.3 is 0 Å². The van der Waals surface area contributed by atoms with E-state index in [1.807, 2.05) is 6.92 Å². The maximum Gasteiger partial charge on any atom is 0.287 e. The summed E-state index contributed by atoms with van der Waals surface area (Å²) in [5, 5.41) is 0. The van der Waals surface area contributed by atoms with Crippen molar-refractivity contribution in [3.05, 3.63) is 42.5 Å². The second kappa shape index (κ2) is 5.41. The van der Waals surface area contributed by atoms with Gasteiger partial charge in [0.25, 0.3) is 10.0 Å². The molecular weight excluding hydrogens is 242 g/mol. The Morgan fingerprint density at radius 3 is 2.44 bits per heavy atom. The molecule has 3 nitrogen and oxygen atoms in total. The van der Waals surface area contributed by atoms with Gasteiger partial charge in [0.05, 0.1) is 4.90 Å². The van der Waals surface area contributed by atoms with Crippen molar-refractivity contribution in [1.82, 2.24) is 0 Å². The lowest BCUT2D eigenvalue weighted by Crippen LogP contribution is -2.00. The first kappa shape index (κ1) is 13.1. The summed E-state index contributed by atoms with van der Waals surface area (Å²) in [6, 6.07) is 6.70. The van der Waals surface area contributed by atoms with Crippen LogP contribution in [0.3, 0.4) is 0 Å². The van der Waals surface area contributed by atoms with Gasteiger partial charge in [0.15, 0.2) is 0 Å². The highest BCUT2D eigenvalue weighted by Gasteiger charge is 2.11. The van der Waals surface area contributed by atoms with E-state index in [1.165, 1.54) is 0 Å². The lowest BCUT2D eigenvalue weighted by Gasteiger charge is -2.01. The number of hydrogen-bond acceptors (Lipinski definition) is 2. The molecule has 0 bridgehead atoms. The Morgan fingerprint density at radius 1 is 1.38 bits per heavy atom. The van der Waals surface area contributed by atoms with Crippen molar-refractivity contribution in [2.45, 2.75) is 11.8 Å². The van der Waals surface area contributed by atoms with Gasteiger partial charge in [0.1, 0.15) is 0 Å². The van der Waals surface area contributed by atoms with Crippen LogP contribution in [0.15, 0.2) is 45.6 Å². The highest BCUT2D eigenvalue weighted by Crippen LogP contribution is 2.13. The molecule has 5 heteroatoms. The Hall–Kier alpha value is -0.940. The molecule has 0 aliphatic carbocycles. The Morgan fingerprint density at radius 2 is 1.94 bits per heavy atom. The first-order valence-electron chi connectivity index (χ1n) is 4.74. The summed E-state index contributed by atoms with van der Waals surface area (Å²) in [5.41, 5.74) is 1.03. The van der Waals surface area contributed by atoms with E-state index in [0.717, 1.165) is 5.56 Å². The highest BCUT2D eigenvalue weighted by molar-refractivity contribution is 7.99. The number of hydrogen-bond donors (Lipinski definition) is 0. The second-order valence-corrected chi connectivity index (χ2v) is 6.97. The molecule has 0 saturated heterocycles. The topological polar surface area (TPSA) is 46.5 Å². The fraction of sp³-hybridized carbons (Fsp3) is 0.273. The summed E-state index contributed by atoms with van der Waals surface area (Å²) in [6.07, 6.45) is 3.46. The smallest absolute Gasteiger partial charge is 0.199 e. The van der Waals surface area contributed by atoms with Crippen LogP contribution in [-0.2, 0) is 20.7 Å². The van der Waals surface area contributed by atoms with Crippen LogP contribution in [0.2, 0.25) is 0 Å². The second-order valence-electron chi connectivity index (χ2n) is 3.42. The monoisotopic (exact) mass is 257 g/mol. The summed E-state index contributed by atoms with van der Waals surface area (Å²) >= 11 is 0. The van der Waals surface area contributed by atoms with Gasteiger partial charge in [-0.15, -0.1) is 10.3 Å². The zero-order valence-corrected chi connectivity index (χ0v) is 11.0. The summed E-state index contributed by atoms with van der Waals surface area (Å²) in [5.74, 6) is 0.588. The number of nitrogens with zero attached hydrogens (tertiary/aromatic N) is 1. The van der Waals surface area contributed by atoms with Crippen LogP contribution in [0.4, 0.5) is 0 Å². The minimum Gasteiger partial charge on any atom is -0.199 e. The summed E-state index contributed by atoms with van der Waals surface area (Å²) < 4.78 is 27.5. The molecule has 0 heterocycles. The third kappa shape index (κ3) is 3.57. The van der Waals surface area contributed by atoms with Crippen LogP contribution in [0.5, 0.6) is 0 Å². The third-order valence-electron chi connectivity index (χ3n) is 1.90. The minimum absolute atomic E-state index is 0.251. The van der Waals surface area contributed by atoms with Crippen LogP contribution in [0, 0.1) is 6.92 Å². The Labute approximate surface area is 99.4 Å². The first-order valence-corrected chi connectivity index (χ1v) is 7.94. The SMILES string of the molecule is C=CC/S(C)=N/S(=O)(=O)c1ccc(C)cc1. The average molecular weight is 257 g/mol. The highest BCUT2D eigenvalue weighted by atomic mass is 32.3. The van der Waals surface area contributed by atoms with Gasteiger partial charge in [0.2, 0.25) is 0 Å². The Kier molecular flexibility index (Phi) is 4.44.